The molecule has 0 unspecified atom stereocenters. The van der Waals surface area contributed by atoms with Crippen LogP contribution in [0.15, 0.2) is 35.0 Å². The largest absolute Gasteiger partial charge is 0.493 e. The van der Waals surface area contributed by atoms with Crippen molar-refractivity contribution in [2.45, 2.75) is 39.0 Å². The van der Waals surface area contributed by atoms with E-state index in [0.717, 1.165) is 23.0 Å². The number of carbonyl (C=O) groups excluding carboxylic acids is 3. The Morgan fingerprint density at radius 3 is 2.64 bits per heavy atom. The first kappa shape index (κ1) is 30.9. The molecule has 3 aromatic rings. The van der Waals surface area contributed by atoms with Crippen LogP contribution in [0.5, 0.6) is 11.5 Å². The summed E-state index contributed by atoms with van der Waals surface area (Å²) >= 11 is 0. The minimum atomic E-state index is -1.07. The van der Waals surface area contributed by atoms with E-state index in [0.29, 0.717) is 55.8 Å². The van der Waals surface area contributed by atoms with Gasteiger partial charge in [0.1, 0.15) is 18.2 Å². The lowest BCUT2D eigenvalue weighted by molar-refractivity contribution is -0.131. The van der Waals surface area contributed by atoms with E-state index >= 15 is 0 Å². The number of aryl methyl sites for hydroxylation is 2. The van der Waals surface area contributed by atoms with Gasteiger partial charge in [0.2, 0.25) is 11.8 Å². The van der Waals surface area contributed by atoms with Crippen LogP contribution < -0.4 is 14.8 Å². The number of halogens is 2. The summed E-state index contributed by atoms with van der Waals surface area (Å²) in [7, 11) is 1.52. The molecule has 4 heterocycles. The molecule has 2 bridgehead atoms. The number of hydrogen-bond donors (Lipinski definition) is 1. The van der Waals surface area contributed by atoms with E-state index in [1.807, 2.05) is 13.8 Å². The molecule has 234 valence electrons. The van der Waals surface area contributed by atoms with Crippen LogP contribution in [-0.2, 0) is 16.0 Å². The van der Waals surface area contributed by atoms with E-state index < -0.39 is 35.1 Å². The molecule has 1 fully saturated rings. The van der Waals surface area contributed by atoms with Crippen LogP contribution in [0.1, 0.15) is 51.8 Å². The third-order valence-electron chi connectivity index (χ3n) is 8.22. The molecule has 2 aliphatic rings. The summed E-state index contributed by atoms with van der Waals surface area (Å²) in [5.41, 5.74) is 1.91. The summed E-state index contributed by atoms with van der Waals surface area (Å²) in [5, 5.41) is 6.92. The maximum absolute atomic E-state index is 14.4. The molecule has 1 aromatic carbocycles. The number of fused-ring (bicyclic) bond motifs is 4. The lowest BCUT2D eigenvalue weighted by atomic mass is 9.88. The van der Waals surface area contributed by atoms with Gasteiger partial charge in [-0.2, -0.15) is 0 Å². The first-order valence-corrected chi connectivity index (χ1v) is 14.5. The molecule has 0 spiro atoms. The van der Waals surface area contributed by atoms with Crippen LogP contribution in [0.25, 0.3) is 0 Å². The first-order chi connectivity index (χ1) is 21.2. The molecule has 11 nitrogen and oxygen atoms in total. The Balaban J connectivity index is 1.35. The molecule has 2 aliphatic heterocycles. The smallest absolute Gasteiger partial charge is 0.275 e. The number of benzene rings is 1. The second-order valence-electron chi connectivity index (χ2n) is 11.0. The fraction of sp³-hybridized carbons (Fsp3) is 0.452. The molecule has 5 rings (SSSR count). The maximum atomic E-state index is 14.4. The molecular weight excluding hydrogens is 576 g/mol. The highest BCUT2D eigenvalue weighted by Crippen LogP contribution is 2.38. The number of rotatable bonds is 5. The average molecular weight is 612 g/mol. The summed E-state index contributed by atoms with van der Waals surface area (Å²) in [5.74, 6) is -2.50. The second kappa shape index (κ2) is 13.4. The third-order valence-corrected chi connectivity index (χ3v) is 8.22. The van der Waals surface area contributed by atoms with Gasteiger partial charge in [0.15, 0.2) is 23.0 Å². The Morgan fingerprint density at radius 1 is 1.11 bits per heavy atom. The highest BCUT2D eigenvalue weighted by atomic mass is 19.1. The van der Waals surface area contributed by atoms with Crippen molar-refractivity contribution >= 4 is 17.7 Å². The van der Waals surface area contributed by atoms with Crippen molar-refractivity contribution in [3.63, 3.8) is 0 Å². The third kappa shape index (κ3) is 6.66. The van der Waals surface area contributed by atoms with Crippen LogP contribution >= 0.6 is 0 Å². The van der Waals surface area contributed by atoms with E-state index in [2.05, 4.69) is 15.5 Å². The standard InChI is InChI=1S/C31H35F2N5O6/c1-18-22(19(2)44-36-18)6-8-28(39)37-10-4-9-34-30(40)24-17-38(31(41)29-25(33)14-21(32)15-35-29)16-23(24)20-5-7-26(42-3)27(13-20)43-12-11-37/h5,7,13-15,23-24H,4,6,8-12,16-17H2,1-3H3,(H,34,40)/t23-,24+/m1/s1. The monoisotopic (exact) mass is 611 g/mol. The van der Waals surface area contributed by atoms with Crippen LogP contribution in [0.3, 0.4) is 0 Å². The Bertz CT molecular complexity index is 1530. The van der Waals surface area contributed by atoms with E-state index in [-0.39, 0.29) is 37.9 Å². The van der Waals surface area contributed by atoms with E-state index in [9.17, 15) is 23.2 Å². The summed E-state index contributed by atoms with van der Waals surface area (Å²) in [6.45, 7) is 5.04. The zero-order chi connectivity index (χ0) is 31.4. The van der Waals surface area contributed by atoms with Gasteiger partial charge >= 0.3 is 0 Å². The van der Waals surface area contributed by atoms with Crippen molar-refractivity contribution in [2.24, 2.45) is 5.92 Å². The van der Waals surface area contributed by atoms with Crippen LogP contribution in [0, 0.1) is 31.4 Å². The number of hydrogen-bond acceptors (Lipinski definition) is 8. The van der Waals surface area contributed by atoms with Crippen LogP contribution in [-0.4, -0.2) is 84.1 Å². The Morgan fingerprint density at radius 2 is 1.91 bits per heavy atom. The molecule has 3 amide bonds. The molecule has 2 aromatic heterocycles. The molecule has 13 heteroatoms. The summed E-state index contributed by atoms with van der Waals surface area (Å²) < 4.78 is 44.7. The number of pyridine rings is 1. The number of likely N-dealkylation sites (tertiary alicyclic amines) is 1. The van der Waals surface area contributed by atoms with Crippen molar-refractivity contribution in [1.82, 2.24) is 25.3 Å². The van der Waals surface area contributed by atoms with Gasteiger partial charge in [0, 0.05) is 50.1 Å². The van der Waals surface area contributed by atoms with Crippen molar-refractivity contribution in [2.75, 3.05) is 46.4 Å². The highest BCUT2D eigenvalue weighted by molar-refractivity contribution is 5.93. The minimum absolute atomic E-state index is 0.0162. The van der Waals surface area contributed by atoms with Gasteiger partial charge in [-0.3, -0.25) is 14.4 Å². The minimum Gasteiger partial charge on any atom is -0.493 e. The number of nitrogens with zero attached hydrogens (tertiary/aromatic N) is 4. The zero-order valence-corrected chi connectivity index (χ0v) is 24.9. The lowest BCUT2D eigenvalue weighted by Gasteiger charge is -2.25. The number of ether oxygens (including phenoxy) is 2. The Kier molecular flexibility index (Phi) is 9.40. The van der Waals surface area contributed by atoms with Gasteiger partial charge in [0.05, 0.1) is 31.5 Å². The van der Waals surface area contributed by atoms with Gasteiger partial charge in [-0.25, -0.2) is 13.8 Å². The van der Waals surface area contributed by atoms with Crippen LogP contribution in [0.4, 0.5) is 8.78 Å². The van der Waals surface area contributed by atoms with Gasteiger partial charge in [0.25, 0.3) is 5.91 Å². The SMILES string of the molecule is COc1ccc2cc1OCCN(C(=O)CCc1c(C)noc1C)CCCNC(=O)[C@H]1CN(C(=O)c3ncc(F)cc3F)C[C@H]21. The predicted molar refractivity (Wildman–Crippen MR) is 153 cm³/mol. The van der Waals surface area contributed by atoms with Crippen molar-refractivity contribution in [3.8, 4) is 11.5 Å². The number of amides is 3. The zero-order valence-electron chi connectivity index (χ0n) is 24.9. The van der Waals surface area contributed by atoms with E-state index in [1.54, 1.807) is 23.1 Å². The lowest BCUT2D eigenvalue weighted by Crippen LogP contribution is -2.39. The van der Waals surface area contributed by atoms with Gasteiger partial charge in [-0.15, -0.1) is 0 Å². The molecule has 0 saturated carbocycles. The van der Waals surface area contributed by atoms with Crippen molar-refractivity contribution < 1.29 is 37.2 Å². The first-order valence-electron chi connectivity index (χ1n) is 14.5. The van der Waals surface area contributed by atoms with Crippen LogP contribution in [0.2, 0.25) is 0 Å². The maximum Gasteiger partial charge on any atom is 0.275 e. The van der Waals surface area contributed by atoms with Gasteiger partial charge in [-0.1, -0.05) is 11.2 Å². The Hall–Kier alpha value is -4.55. The summed E-state index contributed by atoms with van der Waals surface area (Å²) in [4.78, 5) is 46.7. The van der Waals surface area contributed by atoms with Crippen molar-refractivity contribution in [3.05, 3.63) is 70.4 Å². The fourth-order valence-corrected chi connectivity index (χ4v) is 5.82. The number of nitrogens with one attached hydrogen (secondary N) is 1. The molecule has 1 N–H and O–H groups in total. The molecule has 0 radical (unpaired) electrons. The average Bonchev–Trinajstić information content (AvgIpc) is 3.59. The molecule has 44 heavy (non-hydrogen) atoms. The number of carbonyl (C=O) groups is 3. The normalized spacial score (nSPS) is 19.1. The Labute approximate surface area is 253 Å². The molecule has 2 atom stereocenters. The predicted octanol–water partition coefficient (Wildman–Crippen LogP) is 3.19. The van der Waals surface area contributed by atoms with E-state index in [4.69, 9.17) is 14.0 Å². The van der Waals surface area contributed by atoms with Crippen molar-refractivity contribution in [1.29, 1.82) is 0 Å². The quantitative estimate of drug-likeness (QED) is 0.466. The van der Waals surface area contributed by atoms with Gasteiger partial charge in [-0.05, 0) is 44.4 Å². The second-order valence-corrected chi connectivity index (χ2v) is 11.0. The summed E-state index contributed by atoms with van der Waals surface area (Å²) in [6, 6.07) is 5.91. The number of aromatic nitrogens is 2. The van der Waals surface area contributed by atoms with Gasteiger partial charge < -0.3 is 29.1 Å². The topological polar surface area (TPSA) is 127 Å². The summed E-state index contributed by atoms with van der Waals surface area (Å²) in [6.07, 6.45) is 2.06. The van der Waals surface area contributed by atoms with E-state index in [1.165, 1.54) is 12.0 Å². The molecular formula is C31H35F2N5O6. The molecule has 0 aliphatic carbocycles. The highest BCUT2D eigenvalue weighted by Gasteiger charge is 2.41. The number of methoxy groups -OCH3 is 1. The molecule has 1 saturated heterocycles. The fourth-order valence-electron chi connectivity index (χ4n) is 5.82.